The van der Waals surface area contributed by atoms with Crippen LogP contribution in [0, 0.1) is 0 Å². The monoisotopic (exact) mass is 520 g/mol. The molecule has 3 aromatic rings. The highest BCUT2D eigenvalue weighted by Crippen LogP contribution is 2.29. The molecule has 2 heterocycles. The van der Waals surface area contributed by atoms with E-state index in [2.05, 4.69) is 20.8 Å². The number of pyridine rings is 1. The van der Waals surface area contributed by atoms with Gasteiger partial charge in [-0.2, -0.15) is 0 Å². The number of nitrogens with one attached hydrogen (secondary N) is 2. The number of oxime groups is 1. The summed E-state index contributed by atoms with van der Waals surface area (Å²) in [6.07, 6.45) is 0.495. The predicted octanol–water partition coefficient (Wildman–Crippen LogP) is 1.96. The number of hydrogen-bond donors (Lipinski definition) is 4. The van der Waals surface area contributed by atoms with Crippen molar-refractivity contribution in [2.75, 3.05) is 6.54 Å². The van der Waals surface area contributed by atoms with Gasteiger partial charge < -0.3 is 25.5 Å². The average molecular weight is 521 g/mol. The summed E-state index contributed by atoms with van der Waals surface area (Å²) >= 11 is 5.87. The first-order valence-corrected chi connectivity index (χ1v) is 12.1. The van der Waals surface area contributed by atoms with Crippen LogP contribution in [-0.2, 0) is 22.5 Å². The van der Waals surface area contributed by atoms with Crippen molar-refractivity contribution in [1.29, 1.82) is 0 Å². The van der Waals surface area contributed by atoms with Gasteiger partial charge in [0.25, 0.3) is 11.8 Å². The van der Waals surface area contributed by atoms with Gasteiger partial charge in [-0.25, -0.2) is 4.98 Å². The van der Waals surface area contributed by atoms with E-state index in [1.165, 1.54) is 6.07 Å². The van der Waals surface area contributed by atoms with Gasteiger partial charge in [0.1, 0.15) is 10.8 Å². The zero-order valence-electron chi connectivity index (χ0n) is 19.9. The van der Waals surface area contributed by atoms with Gasteiger partial charge in [-0.1, -0.05) is 83.5 Å². The van der Waals surface area contributed by atoms with Crippen LogP contribution in [0.15, 0.2) is 84.0 Å². The largest absolute Gasteiger partial charge is 0.475 e. The highest BCUT2D eigenvalue weighted by atomic mass is 35.5. The Balaban J connectivity index is 1.47. The summed E-state index contributed by atoms with van der Waals surface area (Å²) in [5, 5.41) is 29.7. The van der Waals surface area contributed by atoms with Crippen LogP contribution in [0.2, 0.25) is 5.15 Å². The molecule has 1 aliphatic rings. The molecule has 1 unspecified atom stereocenters. The fourth-order valence-corrected chi connectivity index (χ4v) is 4.23. The minimum absolute atomic E-state index is 0.0346. The number of rotatable bonds is 10. The van der Waals surface area contributed by atoms with Crippen LogP contribution in [0.25, 0.3) is 0 Å². The molecule has 0 aliphatic carbocycles. The molecule has 1 aliphatic heterocycles. The van der Waals surface area contributed by atoms with Gasteiger partial charge in [-0.3, -0.25) is 9.59 Å². The third kappa shape index (κ3) is 6.94. The van der Waals surface area contributed by atoms with Crippen LogP contribution in [0.4, 0.5) is 0 Å². The Morgan fingerprint density at radius 1 is 1.00 bits per heavy atom. The molecule has 0 bridgehead atoms. The average Bonchev–Trinajstić information content (AvgIpc) is 3.32. The highest BCUT2D eigenvalue weighted by molar-refractivity contribution is 6.43. The number of halogens is 1. The lowest BCUT2D eigenvalue weighted by molar-refractivity contribution is -0.144. The molecule has 2 atom stereocenters. The number of aromatic nitrogens is 1. The predicted molar refractivity (Wildman–Crippen MR) is 140 cm³/mol. The molecule has 0 fully saturated rings. The number of hydrogen-bond acceptors (Lipinski definition) is 7. The van der Waals surface area contributed by atoms with E-state index in [9.17, 15) is 19.6 Å². The lowest BCUT2D eigenvalue weighted by atomic mass is 9.75. The van der Waals surface area contributed by atoms with Crippen molar-refractivity contribution >= 4 is 36.2 Å². The minimum atomic E-state index is -1.79. The quantitative estimate of drug-likeness (QED) is 0.239. The maximum Gasteiger partial charge on any atom is 0.475 e. The van der Waals surface area contributed by atoms with Gasteiger partial charge in [0, 0.05) is 12.8 Å². The maximum atomic E-state index is 13.6. The molecule has 1 aromatic heterocycles. The van der Waals surface area contributed by atoms with Crippen molar-refractivity contribution < 1.29 is 24.5 Å². The number of carbonyl (C=O) groups is 2. The van der Waals surface area contributed by atoms with Crippen LogP contribution in [0.3, 0.4) is 0 Å². The van der Waals surface area contributed by atoms with E-state index in [-0.39, 0.29) is 36.7 Å². The maximum absolute atomic E-state index is 13.6. The molecule has 0 saturated heterocycles. The van der Waals surface area contributed by atoms with E-state index in [1.54, 1.807) is 12.1 Å². The summed E-state index contributed by atoms with van der Waals surface area (Å²) in [5.74, 6) is -1.95. The standard InChI is InChI=1S/C26H26BClN4O5/c28-23-13-7-12-21(30-23)24(33)29-17-20-16-26(37-32-20,15-19-10-5-2-6-11-19)25(34)31-22(27(35)36)14-18-8-3-1-4-9-18/h1-13,22,35-36H,14-17H2,(H,29,33)(H,31,34)/t22-,26?/m0/s1. The van der Waals surface area contributed by atoms with E-state index in [4.69, 9.17) is 16.4 Å². The highest BCUT2D eigenvalue weighted by Gasteiger charge is 2.48. The van der Waals surface area contributed by atoms with Gasteiger partial charge in [0.05, 0.1) is 18.2 Å². The van der Waals surface area contributed by atoms with E-state index < -0.39 is 30.5 Å². The molecule has 2 amide bonds. The first-order chi connectivity index (χ1) is 17.8. The molecule has 190 valence electrons. The lowest BCUT2D eigenvalue weighted by Gasteiger charge is -2.28. The molecule has 0 saturated carbocycles. The normalized spacial score (nSPS) is 17.3. The zero-order valence-corrected chi connectivity index (χ0v) is 20.6. The van der Waals surface area contributed by atoms with Gasteiger partial charge >= 0.3 is 7.12 Å². The first kappa shape index (κ1) is 26.3. The fraction of sp³-hybridized carbons (Fsp3) is 0.231. The lowest BCUT2D eigenvalue weighted by Crippen LogP contribution is -2.56. The second kappa shape index (κ2) is 12.0. The summed E-state index contributed by atoms with van der Waals surface area (Å²) in [7, 11) is -1.79. The van der Waals surface area contributed by atoms with Gasteiger partial charge in [-0.05, 0) is 29.7 Å². The topological polar surface area (TPSA) is 133 Å². The first-order valence-electron chi connectivity index (χ1n) is 11.7. The van der Waals surface area contributed by atoms with E-state index >= 15 is 0 Å². The molecule has 11 heteroatoms. The Hall–Kier alpha value is -3.73. The van der Waals surface area contributed by atoms with Gasteiger partial charge in [0.15, 0.2) is 0 Å². The van der Waals surface area contributed by atoms with Crippen LogP contribution < -0.4 is 10.6 Å². The van der Waals surface area contributed by atoms with Crippen LogP contribution in [-0.4, -0.2) is 57.8 Å². The van der Waals surface area contributed by atoms with Crippen molar-refractivity contribution in [2.45, 2.75) is 30.8 Å². The van der Waals surface area contributed by atoms with Crippen molar-refractivity contribution in [3.05, 3.63) is 101 Å². The molecule has 4 N–H and O–H groups in total. The van der Waals surface area contributed by atoms with Crippen molar-refractivity contribution in [2.24, 2.45) is 5.16 Å². The van der Waals surface area contributed by atoms with Crippen molar-refractivity contribution in [1.82, 2.24) is 15.6 Å². The Morgan fingerprint density at radius 2 is 1.68 bits per heavy atom. The third-order valence-corrected chi connectivity index (χ3v) is 6.17. The smallest absolute Gasteiger partial charge is 0.426 e. The molecule has 0 spiro atoms. The van der Waals surface area contributed by atoms with Crippen molar-refractivity contribution in [3.63, 3.8) is 0 Å². The molecule has 37 heavy (non-hydrogen) atoms. The van der Waals surface area contributed by atoms with Gasteiger partial charge in [0.2, 0.25) is 5.60 Å². The number of nitrogens with zero attached hydrogens (tertiary/aromatic N) is 2. The Morgan fingerprint density at radius 3 is 2.32 bits per heavy atom. The summed E-state index contributed by atoms with van der Waals surface area (Å²) in [6, 6.07) is 23.2. The summed E-state index contributed by atoms with van der Waals surface area (Å²) in [4.78, 5) is 35.8. The fourth-order valence-electron chi connectivity index (χ4n) is 4.07. The molecule has 0 radical (unpaired) electrons. The molecule has 9 nitrogen and oxygen atoms in total. The Labute approximate surface area is 219 Å². The summed E-state index contributed by atoms with van der Waals surface area (Å²) < 4.78 is 0. The van der Waals surface area contributed by atoms with Crippen LogP contribution >= 0.6 is 11.6 Å². The molecule has 2 aromatic carbocycles. The Bertz CT molecular complexity index is 1260. The summed E-state index contributed by atoms with van der Waals surface area (Å²) in [5.41, 5.74) is 0.844. The number of amides is 2. The van der Waals surface area contributed by atoms with Crippen LogP contribution in [0.1, 0.15) is 28.0 Å². The van der Waals surface area contributed by atoms with Gasteiger partial charge in [-0.15, -0.1) is 0 Å². The zero-order chi connectivity index (χ0) is 26.3. The number of carbonyl (C=O) groups excluding carboxylic acids is 2. The summed E-state index contributed by atoms with van der Waals surface area (Å²) in [6.45, 7) is 0.0346. The second-order valence-electron chi connectivity index (χ2n) is 8.79. The van der Waals surface area contributed by atoms with Crippen molar-refractivity contribution in [3.8, 4) is 0 Å². The van der Waals surface area contributed by atoms with E-state index in [1.807, 2.05) is 60.7 Å². The molecule has 4 rings (SSSR count). The molecular weight excluding hydrogens is 495 g/mol. The minimum Gasteiger partial charge on any atom is -0.426 e. The Kier molecular flexibility index (Phi) is 8.55. The second-order valence-corrected chi connectivity index (χ2v) is 9.18. The SMILES string of the molecule is O=C(NCC1=NOC(Cc2ccccc2)(C(=O)N[C@@H](Cc2ccccc2)B(O)O)C1)c1cccc(Cl)n1. The number of benzene rings is 2. The molecular formula is C26H26BClN4O5. The van der Waals surface area contributed by atoms with E-state index in [0.29, 0.717) is 5.71 Å². The third-order valence-electron chi connectivity index (χ3n) is 5.96. The van der Waals surface area contributed by atoms with E-state index in [0.717, 1.165) is 11.1 Å². The van der Waals surface area contributed by atoms with Crippen LogP contribution in [0.5, 0.6) is 0 Å².